The number of hydrogen-bond acceptors (Lipinski definition) is 7. The van der Waals surface area contributed by atoms with Crippen LogP contribution in [0.25, 0.3) is 5.69 Å². The van der Waals surface area contributed by atoms with Gasteiger partial charge in [0.15, 0.2) is 0 Å². The zero-order valence-corrected chi connectivity index (χ0v) is 24.1. The summed E-state index contributed by atoms with van der Waals surface area (Å²) in [5.41, 5.74) is 1.58. The van der Waals surface area contributed by atoms with Crippen LogP contribution < -0.4 is 9.64 Å². The zero-order chi connectivity index (χ0) is 29.3. The van der Waals surface area contributed by atoms with Crippen LogP contribution in [0.3, 0.4) is 0 Å². The topological polar surface area (TPSA) is 105 Å². The van der Waals surface area contributed by atoms with Crippen LogP contribution in [0.4, 0.5) is 5.69 Å². The molecule has 0 bridgehead atoms. The average molecular weight is 567 g/mol. The van der Waals surface area contributed by atoms with E-state index in [0.717, 1.165) is 31.6 Å². The van der Waals surface area contributed by atoms with Gasteiger partial charge in [0.1, 0.15) is 17.1 Å². The van der Waals surface area contributed by atoms with Gasteiger partial charge in [0.25, 0.3) is 5.91 Å². The second kappa shape index (κ2) is 11.4. The molecule has 4 heterocycles. The molecule has 3 aromatic rings. The van der Waals surface area contributed by atoms with Crippen molar-refractivity contribution in [2.45, 2.75) is 51.9 Å². The first-order valence-corrected chi connectivity index (χ1v) is 14.5. The Hall–Kier alpha value is -4.46. The van der Waals surface area contributed by atoms with E-state index in [1.54, 1.807) is 11.0 Å². The van der Waals surface area contributed by atoms with Crippen LogP contribution in [0.15, 0.2) is 71.0 Å². The fourth-order valence-corrected chi connectivity index (χ4v) is 6.18. The maximum absolute atomic E-state index is 15.0. The smallest absolute Gasteiger partial charge is 0.251 e. The lowest BCUT2D eigenvalue weighted by Crippen LogP contribution is -2.50. The third-order valence-corrected chi connectivity index (χ3v) is 7.95. The lowest BCUT2D eigenvalue weighted by atomic mass is 9.69. The van der Waals surface area contributed by atoms with Gasteiger partial charge in [0.2, 0.25) is 18.2 Å². The van der Waals surface area contributed by atoms with Crippen LogP contribution in [-0.2, 0) is 19.7 Å². The number of aliphatic imine (C=N–C) groups is 1. The molecule has 0 aliphatic carbocycles. The predicted molar refractivity (Wildman–Crippen MR) is 157 cm³/mol. The van der Waals surface area contributed by atoms with Crippen molar-refractivity contribution in [1.29, 1.82) is 5.26 Å². The van der Waals surface area contributed by atoms with Crippen LogP contribution in [0.1, 0.15) is 49.9 Å². The molecule has 10 heteroatoms. The predicted octanol–water partition coefficient (Wildman–Crippen LogP) is 4.81. The summed E-state index contributed by atoms with van der Waals surface area (Å²) >= 11 is 0. The fourth-order valence-electron chi connectivity index (χ4n) is 6.18. The third-order valence-electron chi connectivity index (χ3n) is 7.95. The van der Waals surface area contributed by atoms with Crippen LogP contribution in [0, 0.1) is 18.3 Å². The molecule has 3 aliphatic heterocycles. The van der Waals surface area contributed by atoms with Crippen molar-refractivity contribution in [3.05, 3.63) is 82.9 Å². The molecule has 1 aromatic heterocycles. The number of carbonyl (C=O) groups excluding carboxylic acids is 1. The summed E-state index contributed by atoms with van der Waals surface area (Å²) < 4.78 is 20.0. The number of nitriles is 1. The molecular formula is C32H34N6O4. The Morgan fingerprint density at radius 3 is 2.45 bits per heavy atom. The quantitative estimate of drug-likeness (QED) is 0.219. The monoisotopic (exact) mass is 566 g/mol. The molecule has 216 valence electrons. The Morgan fingerprint density at radius 2 is 1.76 bits per heavy atom. The van der Waals surface area contributed by atoms with Gasteiger partial charge in [-0.05, 0) is 58.2 Å². The summed E-state index contributed by atoms with van der Waals surface area (Å²) in [6, 6.07) is 19.4. The number of carbonyl (C=O) groups is 1. The summed E-state index contributed by atoms with van der Waals surface area (Å²) in [6.45, 7) is 7.93. The summed E-state index contributed by atoms with van der Waals surface area (Å²) in [5.74, 6) is 0.0398. The molecule has 10 nitrogen and oxygen atoms in total. The van der Waals surface area contributed by atoms with Crippen molar-refractivity contribution in [3.8, 4) is 17.6 Å². The highest BCUT2D eigenvalue weighted by atomic mass is 16.7. The van der Waals surface area contributed by atoms with Gasteiger partial charge in [0.05, 0.1) is 29.0 Å². The SMILES string of the molecule is CCOC(OCC)N1C(=O)C2(C(C#N)=C(/N=C/N3CCCCC3)Oc3c2c(C)nn3-c2ccccc2)c2ccccc21. The van der Waals surface area contributed by atoms with E-state index in [0.29, 0.717) is 41.6 Å². The average Bonchev–Trinajstić information content (AvgIpc) is 3.48. The molecule has 1 spiro atoms. The third kappa shape index (κ3) is 4.28. The Balaban J connectivity index is 1.63. The van der Waals surface area contributed by atoms with Crippen molar-refractivity contribution >= 4 is 17.9 Å². The van der Waals surface area contributed by atoms with Gasteiger partial charge in [-0.2, -0.15) is 10.4 Å². The number of aryl methyl sites for hydroxylation is 1. The Labute approximate surface area is 245 Å². The second-order valence-corrected chi connectivity index (χ2v) is 10.4. The number of fused-ring (bicyclic) bond motifs is 4. The summed E-state index contributed by atoms with van der Waals surface area (Å²) in [4.78, 5) is 23.4. The lowest BCUT2D eigenvalue weighted by Gasteiger charge is -2.34. The summed E-state index contributed by atoms with van der Waals surface area (Å²) in [7, 11) is 0. The van der Waals surface area contributed by atoms with Gasteiger partial charge in [-0.15, -0.1) is 0 Å². The molecule has 1 amide bonds. The number of anilines is 1. The van der Waals surface area contributed by atoms with Gasteiger partial charge in [-0.3, -0.25) is 9.69 Å². The molecule has 6 rings (SSSR count). The van der Waals surface area contributed by atoms with E-state index in [1.165, 1.54) is 11.3 Å². The standard InChI is InChI=1S/C32H34N6O4/c1-4-40-31(41-5-2)37-26-17-11-10-16-24(26)32(30(37)39)25(20-33)28(34-21-36-18-12-7-13-19-36)42-29-27(32)22(3)35-38(29)23-14-8-6-9-15-23/h6,8-11,14-17,21,31H,4-5,7,12-13,18-19H2,1-3H3/b34-21+. The largest absolute Gasteiger partial charge is 0.419 e. The molecule has 1 unspecified atom stereocenters. The molecule has 1 fully saturated rings. The molecule has 42 heavy (non-hydrogen) atoms. The molecule has 2 aromatic carbocycles. The highest BCUT2D eigenvalue weighted by molar-refractivity contribution is 6.14. The first kappa shape index (κ1) is 27.7. The molecule has 1 saturated heterocycles. The maximum Gasteiger partial charge on any atom is 0.251 e. The Kier molecular flexibility index (Phi) is 7.54. The highest BCUT2D eigenvalue weighted by Gasteiger charge is 2.62. The molecule has 0 N–H and O–H groups in total. The molecule has 3 aliphatic rings. The number of para-hydroxylation sites is 2. The van der Waals surface area contributed by atoms with Crippen molar-refractivity contribution in [2.75, 3.05) is 31.2 Å². The Morgan fingerprint density at radius 1 is 1.07 bits per heavy atom. The van der Waals surface area contributed by atoms with Crippen molar-refractivity contribution in [1.82, 2.24) is 14.7 Å². The number of ether oxygens (including phenoxy) is 3. The zero-order valence-electron chi connectivity index (χ0n) is 24.1. The van der Waals surface area contributed by atoms with Crippen LogP contribution >= 0.6 is 0 Å². The van der Waals surface area contributed by atoms with E-state index in [1.807, 2.05) is 75.4 Å². The van der Waals surface area contributed by atoms with E-state index < -0.39 is 11.8 Å². The van der Waals surface area contributed by atoms with Gasteiger partial charge in [-0.1, -0.05) is 36.4 Å². The number of aromatic nitrogens is 2. The number of nitrogens with zero attached hydrogens (tertiary/aromatic N) is 6. The molecular weight excluding hydrogens is 532 g/mol. The molecule has 1 atom stereocenters. The Bertz CT molecular complexity index is 1580. The first-order chi connectivity index (χ1) is 20.6. The summed E-state index contributed by atoms with van der Waals surface area (Å²) in [5, 5.41) is 15.6. The molecule has 0 radical (unpaired) electrons. The summed E-state index contributed by atoms with van der Waals surface area (Å²) in [6.07, 6.45) is 4.07. The number of piperidine rings is 1. The van der Waals surface area contributed by atoms with Crippen LogP contribution in [-0.4, -0.2) is 59.6 Å². The van der Waals surface area contributed by atoms with Crippen LogP contribution in [0.2, 0.25) is 0 Å². The number of benzene rings is 2. The lowest BCUT2D eigenvalue weighted by molar-refractivity contribution is -0.150. The number of rotatable bonds is 8. The van der Waals surface area contributed by atoms with E-state index in [4.69, 9.17) is 24.3 Å². The normalized spacial score (nSPS) is 19.9. The minimum Gasteiger partial charge on any atom is -0.419 e. The fraction of sp³-hybridized carbons (Fsp3) is 0.375. The van der Waals surface area contributed by atoms with Gasteiger partial charge in [-0.25, -0.2) is 9.67 Å². The van der Waals surface area contributed by atoms with Crippen molar-refractivity contribution in [2.24, 2.45) is 4.99 Å². The second-order valence-electron chi connectivity index (χ2n) is 10.4. The van der Waals surface area contributed by atoms with E-state index >= 15 is 4.79 Å². The number of amides is 1. The van der Waals surface area contributed by atoms with Gasteiger partial charge < -0.3 is 19.1 Å². The van der Waals surface area contributed by atoms with E-state index in [2.05, 4.69) is 11.0 Å². The van der Waals surface area contributed by atoms with E-state index in [9.17, 15) is 5.26 Å². The maximum atomic E-state index is 15.0. The first-order valence-electron chi connectivity index (χ1n) is 14.5. The number of likely N-dealkylation sites (tertiary alicyclic amines) is 1. The van der Waals surface area contributed by atoms with Gasteiger partial charge >= 0.3 is 0 Å². The van der Waals surface area contributed by atoms with Crippen LogP contribution in [0.5, 0.6) is 5.88 Å². The molecule has 0 saturated carbocycles. The van der Waals surface area contributed by atoms with Crippen molar-refractivity contribution < 1.29 is 19.0 Å². The number of hydrogen-bond donors (Lipinski definition) is 0. The minimum absolute atomic E-state index is 0.0713. The van der Waals surface area contributed by atoms with Gasteiger partial charge in [0, 0.05) is 31.9 Å². The highest BCUT2D eigenvalue weighted by Crippen LogP contribution is 2.57. The minimum atomic E-state index is -1.57. The van der Waals surface area contributed by atoms with Crippen molar-refractivity contribution in [3.63, 3.8) is 0 Å². The van der Waals surface area contributed by atoms with E-state index in [-0.39, 0.29) is 17.4 Å².